The number of amides is 2. The molecule has 0 aliphatic carbocycles. The van der Waals surface area contributed by atoms with Crippen LogP contribution in [0.3, 0.4) is 0 Å². The number of aromatic nitrogens is 2. The minimum absolute atomic E-state index is 0.144. The highest BCUT2D eigenvalue weighted by molar-refractivity contribution is 7.93. The molecule has 1 unspecified atom stereocenters. The Morgan fingerprint density at radius 1 is 1.32 bits per heavy atom. The Hall–Kier alpha value is -2.20. The maximum absolute atomic E-state index is 12.7. The summed E-state index contributed by atoms with van der Waals surface area (Å²) >= 11 is 1.14. The van der Waals surface area contributed by atoms with Crippen molar-refractivity contribution in [2.45, 2.75) is 38.4 Å². The molecule has 1 fully saturated rings. The van der Waals surface area contributed by atoms with Crippen LogP contribution in [-0.2, 0) is 16.4 Å². The third kappa shape index (κ3) is 5.41. The van der Waals surface area contributed by atoms with E-state index in [4.69, 9.17) is 0 Å². The van der Waals surface area contributed by atoms with Crippen LogP contribution in [0.2, 0.25) is 0 Å². The van der Waals surface area contributed by atoms with Crippen molar-refractivity contribution in [3.8, 4) is 0 Å². The molecule has 1 atom stereocenters. The van der Waals surface area contributed by atoms with Crippen molar-refractivity contribution in [3.05, 3.63) is 36.2 Å². The molecule has 1 aliphatic rings. The zero-order chi connectivity index (χ0) is 20.1. The Morgan fingerprint density at radius 3 is 2.79 bits per heavy atom. The monoisotopic (exact) mass is 423 g/mol. The number of carbonyl (C=O) groups is 1. The van der Waals surface area contributed by atoms with Gasteiger partial charge in [-0.25, -0.2) is 18.2 Å². The van der Waals surface area contributed by atoms with Crippen LogP contribution in [0.1, 0.15) is 32.5 Å². The van der Waals surface area contributed by atoms with Crippen molar-refractivity contribution in [1.29, 1.82) is 0 Å². The summed E-state index contributed by atoms with van der Waals surface area (Å²) in [5.74, 6) is 1.14. The van der Waals surface area contributed by atoms with Gasteiger partial charge in [-0.1, -0.05) is 32.0 Å². The number of nitrogens with zero attached hydrogens (tertiary/aromatic N) is 3. The molecular weight excluding hydrogens is 398 g/mol. The van der Waals surface area contributed by atoms with E-state index in [0.29, 0.717) is 41.9 Å². The summed E-state index contributed by atoms with van der Waals surface area (Å²) in [6, 6.07) is 8.43. The van der Waals surface area contributed by atoms with Crippen LogP contribution < -0.4 is 10.0 Å². The Morgan fingerprint density at radius 2 is 2.07 bits per heavy atom. The molecule has 1 aromatic carbocycles. The predicted octanol–water partition coefficient (Wildman–Crippen LogP) is 3.17. The van der Waals surface area contributed by atoms with Gasteiger partial charge >= 0.3 is 6.03 Å². The molecule has 1 saturated heterocycles. The lowest BCUT2D eigenvalue weighted by molar-refractivity contribution is 0.200. The van der Waals surface area contributed by atoms with E-state index in [0.717, 1.165) is 18.0 Å². The summed E-state index contributed by atoms with van der Waals surface area (Å²) < 4.78 is 32.3. The number of sulfonamides is 1. The molecule has 8 nitrogen and oxygen atoms in total. The van der Waals surface area contributed by atoms with Gasteiger partial charge in [0.15, 0.2) is 0 Å². The van der Waals surface area contributed by atoms with E-state index in [1.807, 2.05) is 6.07 Å². The van der Waals surface area contributed by atoms with Gasteiger partial charge in [-0.15, -0.1) is 0 Å². The number of likely N-dealkylation sites (tertiary alicyclic amines) is 1. The molecule has 1 aromatic heterocycles. The van der Waals surface area contributed by atoms with Crippen molar-refractivity contribution in [2.75, 3.05) is 23.1 Å². The number of hydrogen-bond acceptors (Lipinski definition) is 6. The van der Waals surface area contributed by atoms with Crippen LogP contribution in [-0.4, -0.2) is 47.0 Å². The van der Waals surface area contributed by atoms with Crippen molar-refractivity contribution in [2.24, 2.45) is 5.92 Å². The van der Waals surface area contributed by atoms with E-state index in [1.54, 1.807) is 24.3 Å². The van der Waals surface area contributed by atoms with Gasteiger partial charge in [0.1, 0.15) is 5.82 Å². The Bertz CT molecular complexity index is 899. The molecule has 3 rings (SSSR count). The van der Waals surface area contributed by atoms with Gasteiger partial charge in [-0.05, 0) is 30.9 Å². The molecule has 10 heteroatoms. The molecule has 0 radical (unpaired) electrons. The van der Waals surface area contributed by atoms with Gasteiger partial charge in [0.05, 0.1) is 5.25 Å². The van der Waals surface area contributed by atoms with E-state index >= 15 is 0 Å². The van der Waals surface area contributed by atoms with E-state index in [-0.39, 0.29) is 12.6 Å². The number of nitrogens with one attached hydrogen (secondary N) is 2. The van der Waals surface area contributed by atoms with Gasteiger partial charge < -0.3 is 4.90 Å². The number of hydrogen-bond donors (Lipinski definition) is 2. The number of rotatable bonds is 6. The largest absolute Gasteiger partial charge is 0.323 e. The topological polar surface area (TPSA) is 104 Å². The molecule has 2 heterocycles. The van der Waals surface area contributed by atoms with Crippen LogP contribution in [0.5, 0.6) is 0 Å². The fraction of sp³-hybridized carbons (Fsp3) is 0.500. The quantitative estimate of drug-likeness (QED) is 0.743. The third-order valence-electron chi connectivity index (χ3n) is 4.41. The van der Waals surface area contributed by atoms with Crippen molar-refractivity contribution in [1.82, 2.24) is 14.3 Å². The van der Waals surface area contributed by atoms with Crippen molar-refractivity contribution >= 4 is 38.4 Å². The molecule has 1 aliphatic heterocycles. The average Bonchev–Trinajstić information content (AvgIpc) is 3.08. The second-order valence-electron chi connectivity index (χ2n) is 7.27. The first-order valence-corrected chi connectivity index (χ1v) is 11.6. The molecule has 0 spiro atoms. The average molecular weight is 424 g/mol. The molecule has 2 amide bonds. The Balaban J connectivity index is 1.60. The lowest BCUT2D eigenvalue weighted by atomic mass is 10.1. The van der Waals surface area contributed by atoms with E-state index in [2.05, 4.69) is 33.2 Å². The lowest BCUT2D eigenvalue weighted by Crippen LogP contribution is -2.48. The van der Waals surface area contributed by atoms with Crippen LogP contribution >= 0.6 is 11.5 Å². The predicted molar refractivity (Wildman–Crippen MR) is 111 cm³/mol. The first-order chi connectivity index (χ1) is 13.3. The lowest BCUT2D eigenvalue weighted by Gasteiger charge is -2.32. The van der Waals surface area contributed by atoms with Crippen LogP contribution in [0.25, 0.3) is 0 Å². The molecule has 152 valence electrons. The van der Waals surface area contributed by atoms with Crippen molar-refractivity contribution in [3.63, 3.8) is 0 Å². The number of benzene rings is 1. The van der Waals surface area contributed by atoms with Crippen LogP contribution in [0, 0.1) is 5.92 Å². The highest BCUT2D eigenvalue weighted by Gasteiger charge is 2.33. The van der Waals surface area contributed by atoms with Crippen molar-refractivity contribution < 1.29 is 13.2 Å². The van der Waals surface area contributed by atoms with Crippen LogP contribution in [0.4, 0.5) is 15.6 Å². The standard InChI is InChI=1S/C18H25N5O3S2/c1-13(2)11-16-19-17(27-21-16)20-18(24)23-10-6-9-15(12-23)28(25,26)22-14-7-4-3-5-8-14/h3-5,7-8,13,15,22H,6,9-12H2,1-2H3,(H,19,20,21,24). The Kier molecular flexibility index (Phi) is 6.50. The molecule has 0 saturated carbocycles. The number of urea groups is 1. The number of piperidine rings is 1. The Labute approximate surface area is 169 Å². The van der Waals surface area contributed by atoms with Gasteiger partial charge in [-0.3, -0.25) is 10.0 Å². The van der Waals surface area contributed by atoms with Gasteiger partial charge in [-0.2, -0.15) is 4.37 Å². The number of para-hydroxylation sites is 1. The van der Waals surface area contributed by atoms with Crippen LogP contribution in [0.15, 0.2) is 30.3 Å². The fourth-order valence-electron chi connectivity index (χ4n) is 3.05. The minimum atomic E-state index is -3.58. The number of carbonyl (C=O) groups excluding carboxylic acids is 1. The normalized spacial score (nSPS) is 17.5. The molecule has 0 bridgehead atoms. The highest BCUT2D eigenvalue weighted by atomic mass is 32.2. The van der Waals surface area contributed by atoms with E-state index in [9.17, 15) is 13.2 Å². The molecule has 2 N–H and O–H groups in total. The summed E-state index contributed by atoms with van der Waals surface area (Å²) in [4.78, 5) is 18.4. The summed E-state index contributed by atoms with van der Waals surface area (Å²) in [5, 5.41) is 2.53. The van der Waals surface area contributed by atoms with E-state index in [1.165, 1.54) is 4.90 Å². The second kappa shape index (κ2) is 8.87. The van der Waals surface area contributed by atoms with Gasteiger partial charge in [0, 0.05) is 36.7 Å². The highest BCUT2D eigenvalue weighted by Crippen LogP contribution is 2.21. The molecular formula is C18H25N5O3S2. The maximum Gasteiger partial charge on any atom is 0.323 e. The second-order valence-corrected chi connectivity index (χ2v) is 9.98. The van der Waals surface area contributed by atoms with Gasteiger partial charge in [0.2, 0.25) is 15.2 Å². The van der Waals surface area contributed by atoms with Gasteiger partial charge in [0.25, 0.3) is 0 Å². The summed E-state index contributed by atoms with van der Waals surface area (Å²) in [6.45, 7) is 4.82. The third-order valence-corrected chi connectivity index (χ3v) is 6.86. The number of anilines is 2. The molecule has 2 aromatic rings. The zero-order valence-electron chi connectivity index (χ0n) is 16.0. The summed E-state index contributed by atoms with van der Waals surface area (Å²) in [6.07, 6.45) is 1.90. The summed E-state index contributed by atoms with van der Waals surface area (Å²) in [5.41, 5.74) is 0.524. The zero-order valence-corrected chi connectivity index (χ0v) is 17.6. The SMILES string of the molecule is CC(C)Cc1nsc(NC(=O)N2CCCC(S(=O)(=O)Nc3ccccc3)C2)n1. The minimum Gasteiger partial charge on any atom is -0.323 e. The molecule has 28 heavy (non-hydrogen) atoms. The fourth-order valence-corrected chi connectivity index (χ4v) is 5.12. The summed E-state index contributed by atoms with van der Waals surface area (Å²) in [7, 11) is -3.58. The first-order valence-electron chi connectivity index (χ1n) is 9.28. The smallest absolute Gasteiger partial charge is 0.323 e. The maximum atomic E-state index is 12.7. The first kappa shape index (κ1) is 20.5. The van der Waals surface area contributed by atoms with E-state index < -0.39 is 15.3 Å².